The summed E-state index contributed by atoms with van der Waals surface area (Å²) in [5.41, 5.74) is 0. The van der Waals surface area contributed by atoms with Crippen molar-refractivity contribution in [2.45, 2.75) is 95.6 Å². The lowest BCUT2D eigenvalue weighted by Crippen LogP contribution is -2.32. The van der Waals surface area contributed by atoms with E-state index >= 15 is 0 Å². The summed E-state index contributed by atoms with van der Waals surface area (Å²) < 4.78 is 0. The number of hydrogen-bond acceptors (Lipinski definition) is 3. The molecule has 134 valence electrons. The van der Waals surface area contributed by atoms with Crippen molar-refractivity contribution in [2.75, 3.05) is 12.8 Å². The molecule has 2 amide bonds. The maximum absolute atomic E-state index is 12.0. The third-order valence-electron chi connectivity index (χ3n) is 4.72. The maximum atomic E-state index is 12.0. The molecule has 1 fully saturated rings. The number of carbonyl (C=O) groups is 2. The van der Waals surface area contributed by atoms with Crippen LogP contribution in [0.25, 0.3) is 0 Å². The molecule has 0 radical (unpaired) electrons. The average Bonchev–Trinajstić information content (AvgIpc) is 2.83. The van der Waals surface area contributed by atoms with Crippen LogP contribution < -0.4 is 0 Å². The highest BCUT2D eigenvalue weighted by Crippen LogP contribution is 2.23. The van der Waals surface area contributed by atoms with Gasteiger partial charge in [-0.1, -0.05) is 77.6 Å². The molecule has 1 heterocycles. The summed E-state index contributed by atoms with van der Waals surface area (Å²) >= 11 is 1.50. The molecule has 0 bridgehead atoms. The molecule has 1 aliphatic rings. The van der Waals surface area contributed by atoms with E-state index in [0.717, 1.165) is 12.8 Å². The Kier molecular flexibility index (Phi) is 11.5. The highest BCUT2D eigenvalue weighted by atomic mass is 32.2. The Labute approximate surface area is 147 Å². The summed E-state index contributed by atoms with van der Waals surface area (Å²) in [4.78, 5) is 25.2. The van der Waals surface area contributed by atoms with E-state index in [0.29, 0.717) is 13.0 Å². The lowest BCUT2D eigenvalue weighted by atomic mass is 10.1. The number of amides is 2. The zero-order chi connectivity index (χ0) is 16.9. The zero-order valence-electron chi connectivity index (χ0n) is 15.1. The number of carbonyl (C=O) groups excluding carboxylic acids is 2. The number of nitrogens with zero attached hydrogens (tertiary/aromatic N) is 1. The van der Waals surface area contributed by atoms with Crippen LogP contribution in [0.15, 0.2) is 0 Å². The molecular weight excluding hydrogens is 306 g/mol. The Morgan fingerprint density at radius 2 is 1.35 bits per heavy atom. The Bertz CT molecular complexity index is 346. The van der Waals surface area contributed by atoms with Crippen molar-refractivity contribution in [1.29, 1.82) is 0 Å². The average molecular weight is 342 g/mol. The fourth-order valence-corrected chi connectivity index (χ4v) is 3.82. The standard InChI is InChI=1S/C19H35NO2S/c1-3-4-5-6-7-8-9-10-11-12-13-14-15-20-18(21)16-17(23-2)19(20)22/h17H,3-16H2,1-2H3. The topological polar surface area (TPSA) is 37.4 Å². The van der Waals surface area contributed by atoms with Gasteiger partial charge in [-0.25, -0.2) is 0 Å². The first-order valence-electron chi connectivity index (χ1n) is 9.57. The molecule has 0 aliphatic carbocycles. The maximum Gasteiger partial charge on any atom is 0.242 e. The first-order valence-corrected chi connectivity index (χ1v) is 10.9. The quantitative estimate of drug-likeness (QED) is 0.323. The molecule has 23 heavy (non-hydrogen) atoms. The zero-order valence-corrected chi connectivity index (χ0v) is 16.0. The number of hydrogen-bond donors (Lipinski definition) is 0. The minimum Gasteiger partial charge on any atom is -0.282 e. The van der Waals surface area contributed by atoms with E-state index in [4.69, 9.17) is 0 Å². The monoisotopic (exact) mass is 341 g/mol. The second-order valence-electron chi connectivity index (χ2n) is 6.70. The minimum atomic E-state index is -0.125. The molecule has 1 rings (SSSR count). The third-order valence-corrected chi connectivity index (χ3v) is 5.66. The predicted octanol–water partition coefficient (Wildman–Crippen LogP) is 5.18. The van der Waals surface area contributed by atoms with Crippen LogP contribution in [0.5, 0.6) is 0 Å². The van der Waals surface area contributed by atoms with Crippen LogP contribution in [0.4, 0.5) is 0 Å². The second kappa shape index (κ2) is 12.9. The van der Waals surface area contributed by atoms with E-state index in [9.17, 15) is 9.59 Å². The van der Waals surface area contributed by atoms with Crippen molar-refractivity contribution in [3.63, 3.8) is 0 Å². The largest absolute Gasteiger partial charge is 0.282 e. The summed E-state index contributed by atoms with van der Waals surface area (Å²) in [7, 11) is 0. The van der Waals surface area contributed by atoms with Gasteiger partial charge in [-0.2, -0.15) is 11.8 Å². The molecule has 1 saturated heterocycles. The Morgan fingerprint density at radius 3 is 1.78 bits per heavy atom. The van der Waals surface area contributed by atoms with Gasteiger partial charge in [-0.3, -0.25) is 14.5 Å². The van der Waals surface area contributed by atoms with Crippen molar-refractivity contribution in [2.24, 2.45) is 0 Å². The SMILES string of the molecule is CCCCCCCCCCCCCCN1C(=O)CC(SC)C1=O. The van der Waals surface area contributed by atoms with Crippen LogP contribution in [0.2, 0.25) is 0 Å². The third kappa shape index (κ3) is 8.23. The lowest BCUT2D eigenvalue weighted by Gasteiger charge is -2.14. The fourth-order valence-electron chi connectivity index (χ4n) is 3.18. The van der Waals surface area contributed by atoms with Crippen LogP contribution in [-0.2, 0) is 9.59 Å². The van der Waals surface area contributed by atoms with Crippen LogP contribution in [-0.4, -0.2) is 34.8 Å². The van der Waals surface area contributed by atoms with Gasteiger partial charge in [0, 0.05) is 13.0 Å². The van der Waals surface area contributed by atoms with Gasteiger partial charge in [0.2, 0.25) is 11.8 Å². The number of likely N-dealkylation sites (tertiary alicyclic amines) is 1. The Morgan fingerprint density at radius 1 is 0.870 bits per heavy atom. The van der Waals surface area contributed by atoms with Crippen molar-refractivity contribution < 1.29 is 9.59 Å². The number of unbranched alkanes of at least 4 members (excludes halogenated alkanes) is 11. The molecular formula is C19H35NO2S. The van der Waals surface area contributed by atoms with Crippen molar-refractivity contribution in [3.8, 4) is 0 Å². The molecule has 4 heteroatoms. The van der Waals surface area contributed by atoms with E-state index in [2.05, 4.69) is 6.92 Å². The summed E-state index contributed by atoms with van der Waals surface area (Å²) in [6.07, 6.45) is 18.0. The summed E-state index contributed by atoms with van der Waals surface area (Å²) in [5.74, 6) is 0.0583. The van der Waals surface area contributed by atoms with Crippen LogP contribution in [0, 0.1) is 0 Å². The van der Waals surface area contributed by atoms with Gasteiger partial charge in [0.15, 0.2) is 0 Å². The summed E-state index contributed by atoms with van der Waals surface area (Å²) in [6.45, 7) is 2.89. The smallest absolute Gasteiger partial charge is 0.242 e. The number of rotatable bonds is 14. The van der Waals surface area contributed by atoms with E-state index < -0.39 is 0 Å². The molecule has 3 nitrogen and oxygen atoms in total. The highest BCUT2D eigenvalue weighted by Gasteiger charge is 2.37. The van der Waals surface area contributed by atoms with Crippen LogP contribution in [0.1, 0.15) is 90.4 Å². The molecule has 1 aliphatic heterocycles. The molecule has 0 N–H and O–H groups in total. The van der Waals surface area contributed by atoms with E-state index in [1.165, 1.54) is 80.9 Å². The first kappa shape index (κ1) is 20.5. The second-order valence-corrected chi connectivity index (χ2v) is 7.74. The van der Waals surface area contributed by atoms with Gasteiger partial charge in [0.1, 0.15) is 0 Å². The van der Waals surface area contributed by atoms with Gasteiger partial charge in [-0.15, -0.1) is 0 Å². The van der Waals surface area contributed by atoms with Gasteiger partial charge in [-0.05, 0) is 12.7 Å². The van der Waals surface area contributed by atoms with Crippen molar-refractivity contribution >= 4 is 23.6 Å². The Hall–Kier alpha value is -0.510. The van der Waals surface area contributed by atoms with Crippen LogP contribution >= 0.6 is 11.8 Å². The number of imide groups is 1. The lowest BCUT2D eigenvalue weighted by molar-refractivity contribution is -0.138. The van der Waals surface area contributed by atoms with Gasteiger partial charge >= 0.3 is 0 Å². The molecule has 0 aromatic heterocycles. The molecule has 0 spiro atoms. The molecule has 1 unspecified atom stereocenters. The van der Waals surface area contributed by atoms with Gasteiger partial charge < -0.3 is 0 Å². The molecule has 1 atom stereocenters. The van der Waals surface area contributed by atoms with E-state index in [1.807, 2.05) is 6.26 Å². The summed E-state index contributed by atoms with van der Waals surface area (Å²) in [6, 6.07) is 0. The normalized spacial score (nSPS) is 18.2. The van der Waals surface area contributed by atoms with Crippen molar-refractivity contribution in [3.05, 3.63) is 0 Å². The van der Waals surface area contributed by atoms with E-state index in [1.54, 1.807) is 0 Å². The fraction of sp³-hybridized carbons (Fsp3) is 0.895. The molecule has 0 aromatic carbocycles. The first-order chi connectivity index (χ1) is 11.2. The van der Waals surface area contributed by atoms with Crippen molar-refractivity contribution in [1.82, 2.24) is 4.90 Å². The van der Waals surface area contributed by atoms with Gasteiger partial charge in [0.05, 0.1) is 5.25 Å². The molecule has 0 aromatic rings. The van der Waals surface area contributed by atoms with Crippen LogP contribution in [0.3, 0.4) is 0 Å². The predicted molar refractivity (Wildman–Crippen MR) is 99.7 cm³/mol. The minimum absolute atomic E-state index is 0.0254. The summed E-state index contributed by atoms with van der Waals surface area (Å²) in [5, 5.41) is -0.125. The number of thioether (sulfide) groups is 1. The Balaban J connectivity index is 1.90. The van der Waals surface area contributed by atoms with E-state index in [-0.39, 0.29) is 17.1 Å². The highest BCUT2D eigenvalue weighted by molar-refractivity contribution is 8.00. The molecule has 0 saturated carbocycles. The van der Waals surface area contributed by atoms with Gasteiger partial charge in [0.25, 0.3) is 0 Å².